The number of ether oxygens (including phenoxy) is 2. The fraction of sp³-hybridized carbons (Fsp3) is 0.235. The Balaban J connectivity index is 2.08. The average Bonchev–Trinajstić information content (AvgIpc) is 2.56. The molecule has 0 aliphatic heterocycles. The van der Waals surface area contributed by atoms with Gasteiger partial charge in [0.2, 0.25) is 0 Å². The van der Waals surface area contributed by atoms with Crippen LogP contribution in [0.3, 0.4) is 0 Å². The number of amides is 1. The highest BCUT2D eigenvalue weighted by Crippen LogP contribution is 2.28. The zero-order chi connectivity index (χ0) is 16.8. The Hall–Kier alpha value is -1.28. The van der Waals surface area contributed by atoms with E-state index in [9.17, 15) is 4.79 Å². The van der Waals surface area contributed by atoms with Crippen molar-refractivity contribution in [3.63, 3.8) is 0 Å². The third-order valence-corrected chi connectivity index (χ3v) is 4.59. The van der Waals surface area contributed by atoms with E-state index >= 15 is 0 Å². The minimum absolute atomic E-state index is 0.108. The topological polar surface area (TPSA) is 47.6 Å². The minimum Gasteiger partial charge on any atom is -0.493 e. The summed E-state index contributed by atoms with van der Waals surface area (Å²) in [7, 11) is 1.60. The van der Waals surface area contributed by atoms with Crippen LogP contribution in [-0.2, 0) is 6.54 Å². The molecule has 0 saturated carbocycles. The van der Waals surface area contributed by atoms with Crippen molar-refractivity contribution in [3.8, 4) is 11.5 Å². The third-order valence-electron chi connectivity index (χ3n) is 3.15. The van der Waals surface area contributed by atoms with Gasteiger partial charge < -0.3 is 14.8 Å². The summed E-state index contributed by atoms with van der Waals surface area (Å²) in [6.45, 7) is 2.92. The van der Waals surface area contributed by atoms with E-state index in [0.717, 1.165) is 13.6 Å². The zero-order valence-corrected chi connectivity index (χ0v) is 16.6. The highest BCUT2D eigenvalue weighted by molar-refractivity contribution is 14.1. The number of hydrogen-bond acceptors (Lipinski definition) is 3. The van der Waals surface area contributed by atoms with Crippen molar-refractivity contribution < 1.29 is 14.3 Å². The third kappa shape index (κ3) is 4.84. The van der Waals surface area contributed by atoms with Crippen LogP contribution in [0.5, 0.6) is 11.5 Å². The first-order valence-corrected chi connectivity index (χ1v) is 8.95. The molecule has 0 unspecified atom stereocenters. The van der Waals surface area contributed by atoms with Gasteiger partial charge in [0.05, 0.1) is 19.3 Å². The number of methoxy groups -OCH3 is 1. The number of nitrogens with one attached hydrogen (secondary N) is 1. The SMILES string of the molecule is CCOc1ccc(CNC(=O)c2cc(Br)ccc2I)cc1OC. The van der Waals surface area contributed by atoms with Crippen molar-refractivity contribution in [2.45, 2.75) is 13.5 Å². The quantitative estimate of drug-likeness (QED) is 0.612. The molecule has 0 saturated heterocycles. The van der Waals surface area contributed by atoms with E-state index in [0.29, 0.717) is 30.2 Å². The molecule has 0 atom stereocenters. The standard InChI is InChI=1S/C17H17BrINO3/c1-3-23-15-7-4-11(8-16(15)22-2)10-20-17(21)13-9-12(18)5-6-14(13)19/h4-9H,3,10H2,1-2H3,(H,20,21). The van der Waals surface area contributed by atoms with Crippen LogP contribution in [0.1, 0.15) is 22.8 Å². The molecule has 4 nitrogen and oxygen atoms in total. The number of benzene rings is 2. The minimum atomic E-state index is -0.108. The van der Waals surface area contributed by atoms with E-state index < -0.39 is 0 Å². The average molecular weight is 490 g/mol. The predicted molar refractivity (Wildman–Crippen MR) is 102 cm³/mol. The monoisotopic (exact) mass is 489 g/mol. The molecular weight excluding hydrogens is 473 g/mol. The summed E-state index contributed by atoms with van der Waals surface area (Å²) in [4.78, 5) is 12.3. The summed E-state index contributed by atoms with van der Waals surface area (Å²) >= 11 is 5.54. The van der Waals surface area contributed by atoms with Crippen molar-refractivity contribution in [2.75, 3.05) is 13.7 Å². The molecule has 0 bridgehead atoms. The van der Waals surface area contributed by atoms with Crippen LogP contribution in [0.2, 0.25) is 0 Å². The van der Waals surface area contributed by atoms with Gasteiger partial charge in [0, 0.05) is 14.6 Å². The lowest BCUT2D eigenvalue weighted by atomic mass is 10.1. The van der Waals surface area contributed by atoms with Crippen LogP contribution < -0.4 is 14.8 Å². The van der Waals surface area contributed by atoms with E-state index in [1.807, 2.05) is 43.3 Å². The van der Waals surface area contributed by atoms with Crippen molar-refractivity contribution in [2.24, 2.45) is 0 Å². The lowest BCUT2D eigenvalue weighted by molar-refractivity contribution is 0.0950. The molecule has 2 aromatic rings. The zero-order valence-electron chi connectivity index (χ0n) is 12.9. The molecule has 0 aliphatic rings. The summed E-state index contributed by atoms with van der Waals surface area (Å²) in [5, 5.41) is 2.93. The van der Waals surface area contributed by atoms with Gasteiger partial charge in [-0.15, -0.1) is 0 Å². The number of halogens is 2. The Labute approximate surface area is 157 Å². The van der Waals surface area contributed by atoms with Gasteiger partial charge >= 0.3 is 0 Å². The molecular formula is C17H17BrINO3. The van der Waals surface area contributed by atoms with Gasteiger partial charge in [0.25, 0.3) is 5.91 Å². The predicted octanol–water partition coefficient (Wildman–Crippen LogP) is 4.39. The molecule has 0 aliphatic carbocycles. The van der Waals surface area contributed by atoms with E-state index in [2.05, 4.69) is 43.8 Å². The van der Waals surface area contributed by atoms with E-state index in [-0.39, 0.29) is 5.91 Å². The number of carbonyl (C=O) groups is 1. The maximum absolute atomic E-state index is 12.3. The molecule has 6 heteroatoms. The van der Waals surface area contributed by atoms with Crippen molar-refractivity contribution >= 4 is 44.4 Å². The molecule has 0 heterocycles. The largest absolute Gasteiger partial charge is 0.493 e. The molecule has 0 spiro atoms. The van der Waals surface area contributed by atoms with E-state index in [1.54, 1.807) is 7.11 Å². The number of carbonyl (C=O) groups excluding carboxylic acids is 1. The molecule has 0 radical (unpaired) electrons. The fourth-order valence-corrected chi connectivity index (χ4v) is 2.99. The van der Waals surface area contributed by atoms with Gasteiger partial charge in [-0.1, -0.05) is 22.0 Å². The second kappa shape index (κ2) is 8.54. The molecule has 1 amide bonds. The van der Waals surface area contributed by atoms with Gasteiger partial charge in [-0.2, -0.15) is 0 Å². The summed E-state index contributed by atoms with van der Waals surface area (Å²) in [6, 6.07) is 11.3. The van der Waals surface area contributed by atoms with E-state index in [1.165, 1.54) is 0 Å². The Morgan fingerprint density at radius 1 is 1.22 bits per heavy atom. The normalized spacial score (nSPS) is 10.3. The first-order chi connectivity index (χ1) is 11.0. The highest BCUT2D eigenvalue weighted by atomic mass is 127. The van der Waals surface area contributed by atoms with Crippen LogP contribution in [0.25, 0.3) is 0 Å². The van der Waals surface area contributed by atoms with Crippen LogP contribution in [0, 0.1) is 3.57 Å². The summed E-state index contributed by atoms with van der Waals surface area (Å²) in [6.07, 6.45) is 0. The summed E-state index contributed by atoms with van der Waals surface area (Å²) in [5.41, 5.74) is 1.60. The molecule has 2 rings (SSSR count). The number of rotatable bonds is 6. The summed E-state index contributed by atoms with van der Waals surface area (Å²) in [5.74, 6) is 1.26. The van der Waals surface area contributed by atoms with Gasteiger partial charge in [-0.3, -0.25) is 4.79 Å². The number of hydrogen-bond donors (Lipinski definition) is 1. The molecule has 122 valence electrons. The first kappa shape index (κ1) is 18.1. The van der Waals surface area contributed by atoms with Gasteiger partial charge in [0.1, 0.15) is 0 Å². The van der Waals surface area contributed by atoms with Crippen LogP contribution in [0.4, 0.5) is 0 Å². The van der Waals surface area contributed by atoms with Gasteiger partial charge in [-0.25, -0.2) is 0 Å². The first-order valence-electron chi connectivity index (χ1n) is 7.08. The second-order valence-corrected chi connectivity index (χ2v) is 6.80. The Morgan fingerprint density at radius 2 is 2.00 bits per heavy atom. The molecule has 0 aromatic heterocycles. The molecule has 1 N–H and O–H groups in total. The molecule has 0 fully saturated rings. The lowest BCUT2D eigenvalue weighted by Crippen LogP contribution is -2.23. The highest BCUT2D eigenvalue weighted by Gasteiger charge is 2.11. The van der Waals surface area contributed by atoms with Crippen molar-refractivity contribution in [3.05, 3.63) is 55.6 Å². The lowest BCUT2D eigenvalue weighted by Gasteiger charge is -2.12. The smallest absolute Gasteiger partial charge is 0.252 e. The fourth-order valence-electron chi connectivity index (χ4n) is 2.05. The van der Waals surface area contributed by atoms with Crippen LogP contribution in [0.15, 0.2) is 40.9 Å². The maximum Gasteiger partial charge on any atom is 0.252 e. The Kier molecular flexibility index (Phi) is 6.71. The van der Waals surface area contributed by atoms with Crippen molar-refractivity contribution in [1.29, 1.82) is 0 Å². The second-order valence-electron chi connectivity index (χ2n) is 4.73. The Morgan fingerprint density at radius 3 is 2.70 bits per heavy atom. The Bertz CT molecular complexity index is 706. The summed E-state index contributed by atoms with van der Waals surface area (Å²) < 4.78 is 12.6. The van der Waals surface area contributed by atoms with Crippen LogP contribution >= 0.6 is 38.5 Å². The van der Waals surface area contributed by atoms with Gasteiger partial charge in [0.15, 0.2) is 11.5 Å². The van der Waals surface area contributed by atoms with E-state index in [4.69, 9.17) is 9.47 Å². The van der Waals surface area contributed by atoms with Crippen molar-refractivity contribution in [1.82, 2.24) is 5.32 Å². The molecule has 2 aromatic carbocycles. The van der Waals surface area contributed by atoms with Crippen LogP contribution in [-0.4, -0.2) is 19.6 Å². The molecule has 23 heavy (non-hydrogen) atoms. The maximum atomic E-state index is 12.3. The van der Waals surface area contributed by atoms with Gasteiger partial charge in [-0.05, 0) is 65.4 Å².